The van der Waals surface area contributed by atoms with Gasteiger partial charge in [-0.1, -0.05) is 44.6 Å². The van der Waals surface area contributed by atoms with Crippen molar-refractivity contribution < 1.29 is 18.1 Å². The fraction of sp³-hybridized carbons (Fsp3) is 0.708. The normalized spacial score (nSPS) is 21.9. The molecule has 0 radical (unpaired) electrons. The molecular formula is C24H36N4O5S. The topological polar surface area (TPSA) is 104 Å². The predicted octanol–water partition coefficient (Wildman–Crippen LogP) is 3.40. The van der Waals surface area contributed by atoms with E-state index < -0.39 is 14.9 Å². The molecule has 1 aromatic carbocycles. The molecule has 1 heterocycles. The first kappa shape index (κ1) is 25.1. The molecule has 2 aliphatic carbocycles. The number of non-ortho nitro benzene ring substituents is 1. The lowest BCUT2D eigenvalue weighted by Gasteiger charge is -2.43. The third kappa shape index (κ3) is 5.78. The molecule has 1 aliphatic heterocycles. The van der Waals surface area contributed by atoms with Gasteiger partial charge in [0.05, 0.1) is 16.4 Å². The number of carbonyl (C=O) groups is 1. The fourth-order valence-corrected chi connectivity index (χ4v) is 7.19. The van der Waals surface area contributed by atoms with Crippen LogP contribution >= 0.6 is 0 Å². The van der Waals surface area contributed by atoms with Crippen LogP contribution in [0.2, 0.25) is 0 Å². The van der Waals surface area contributed by atoms with Crippen LogP contribution in [0, 0.1) is 10.1 Å². The molecule has 0 aromatic heterocycles. The Morgan fingerprint density at radius 2 is 1.50 bits per heavy atom. The van der Waals surface area contributed by atoms with E-state index in [0.717, 1.165) is 31.7 Å². The van der Waals surface area contributed by atoms with E-state index in [1.807, 2.05) is 0 Å². The monoisotopic (exact) mass is 492 g/mol. The number of amides is 1. The average Bonchev–Trinajstić information content (AvgIpc) is 2.86. The fourth-order valence-electron chi connectivity index (χ4n) is 5.73. The Hall–Kier alpha value is -2.04. The highest BCUT2D eigenvalue weighted by molar-refractivity contribution is 7.89. The van der Waals surface area contributed by atoms with Gasteiger partial charge in [-0.25, -0.2) is 8.42 Å². The smallest absolute Gasteiger partial charge is 0.270 e. The number of benzene rings is 1. The number of nitrogens with zero attached hydrogens (tertiary/aromatic N) is 4. The molecule has 3 aliphatic rings. The molecule has 0 atom stereocenters. The van der Waals surface area contributed by atoms with Gasteiger partial charge in [-0.2, -0.15) is 4.31 Å². The first-order valence-corrected chi connectivity index (χ1v) is 14.1. The lowest BCUT2D eigenvalue weighted by molar-refractivity contribution is -0.385. The van der Waals surface area contributed by atoms with Gasteiger partial charge in [0, 0.05) is 50.4 Å². The van der Waals surface area contributed by atoms with Gasteiger partial charge in [0.1, 0.15) is 0 Å². The number of nitro benzene ring substituents is 1. The van der Waals surface area contributed by atoms with Gasteiger partial charge in [-0.05, 0) is 31.7 Å². The van der Waals surface area contributed by atoms with Gasteiger partial charge < -0.3 is 4.90 Å². The summed E-state index contributed by atoms with van der Waals surface area (Å²) in [7, 11) is -3.81. The second-order valence-electron chi connectivity index (χ2n) is 9.82. The second kappa shape index (κ2) is 11.1. The highest BCUT2D eigenvalue weighted by Crippen LogP contribution is 2.30. The van der Waals surface area contributed by atoms with Gasteiger partial charge in [0.2, 0.25) is 15.9 Å². The van der Waals surface area contributed by atoms with Crippen molar-refractivity contribution in [2.24, 2.45) is 0 Å². The minimum absolute atomic E-state index is 0.0630. The number of sulfonamides is 1. The van der Waals surface area contributed by atoms with E-state index in [1.54, 1.807) is 0 Å². The van der Waals surface area contributed by atoms with Crippen molar-refractivity contribution in [1.29, 1.82) is 0 Å². The molecule has 3 fully saturated rings. The molecular weight excluding hydrogens is 456 g/mol. The Morgan fingerprint density at radius 3 is 2.03 bits per heavy atom. The molecule has 0 N–H and O–H groups in total. The maximum Gasteiger partial charge on any atom is 0.270 e. The number of carbonyl (C=O) groups excluding carboxylic acids is 1. The van der Waals surface area contributed by atoms with Crippen molar-refractivity contribution in [3.63, 3.8) is 0 Å². The Morgan fingerprint density at radius 1 is 0.941 bits per heavy atom. The molecule has 188 valence electrons. The van der Waals surface area contributed by atoms with E-state index in [-0.39, 0.29) is 29.6 Å². The van der Waals surface area contributed by atoms with Crippen LogP contribution in [0.4, 0.5) is 5.69 Å². The maximum atomic E-state index is 13.5. The largest absolute Gasteiger partial charge is 0.336 e. The van der Waals surface area contributed by atoms with Gasteiger partial charge in [0.25, 0.3) is 5.69 Å². The highest BCUT2D eigenvalue weighted by atomic mass is 32.2. The minimum atomic E-state index is -3.81. The van der Waals surface area contributed by atoms with E-state index >= 15 is 0 Å². The third-order valence-corrected chi connectivity index (χ3v) is 9.48. The number of hydrogen-bond acceptors (Lipinski definition) is 6. The summed E-state index contributed by atoms with van der Waals surface area (Å²) in [6.45, 7) is 1.82. The quantitative estimate of drug-likeness (QED) is 0.427. The zero-order valence-corrected chi connectivity index (χ0v) is 20.6. The van der Waals surface area contributed by atoms with Crippen LogP contribution in [0.25, 0.3) is 0 Å². The van der Waals surface area contributed by atoms with Crippen LogP contribution in [0.3, 0.4) is 0 Å². The maximum absolute atomic E-state index is 13.5. The Kier molecular flexibility index (Phi) is 8.21. The Balaban J connectivity index is 1.38. The van der Waals surface area contributed by atoms with Crippen molar-refractivity contribution in [2.45, 2.75) is 81.2 Å². The molecule has 34 heavy (non-hydrogen) atoms. The number of hydrogen-bond donors (Lipinski definition) is 0. The lowest BCUT2D eigenvalue weighted by atomic mass is 9.88. The third-order valence-electron chi connectivity index (χ3n) is 7.58. The van der Waals surface area contributed by atoms with Gasteiger partial charge in [-0.3, -0.25) is 19.8 Å². The van der Waals surface area contributed by atoms with Gasteiger partial charge in [0.15, 0.2) is 0 Å². The molecule has 2 saturated carbocycles. The number of nitro groups is 1. The Bertz CT molecular complexity index is 947. The summed E-state index contributed by atoms with van der Waals surface area (Å²) in [4.78, 5) is 28.2. The van der Waals surface area contributed by atoms with Gasteiger partial charge >= 0.3 is 0 Å². The molecule has 9 nitrogen and oxygen atoms in total. The summed E-state index contributed by atoms with van der Waals surface area (Å²) >= 11 is 0. The summed E-state index contributed by atoms with van der Waals surface area (Å²) in [6, 6.07) is 5.87. The van der Waals surface area contributed by atoms with E-state index in [1.165, 1.54) is 61.0 Å². The summed E-state index contributed by atoms with van der Waals surface area (Å²) in [5.41, 5.74) is -0.240. The molecule has 1 aromatic rings. The predicted molar refractivity (Wildman–Crippen MR) is 129 cm³/mol. The van der Waals surface area contributed by atoms with E-state index in [0.29, 0.717) is 31.7 Å². The van der Waals surface area contributed by atoms with Crippen molar-refractivity contribution in [2.75, 3.05) is 32.7 Å². The first-order valence-electron chi connectivity index (χ1n) is 12.6. The second-order valence-corrected chi connectivity index (χ2v) is 11.8. The highest BCUT2D eigenvalue weighted by Gasteiger charge is 2.35. The van der Waals surface area contributed by atoms with Gasteiger partial charge in [-0.15, -0.1) is 0 Å². The molecule has 0 bridgehead atoms. The van der Waals surface area contributed by atoms with Crippen LogP contribution in [-0.4, -0.2) is 78.2 Å². The SMILES string of the molecule is O=C(CN1CCN(S(=O)(=O)c2cccc([N+](=O)[O-])c2)CC1)N(C1CCCCC1)C1CCCCC1. The lowest BCUT2D eigenvalue weighted by Crippen LogP contribution is -2.55. The average molecular weight is 493 g/mol. The summed E-state index contributed by atoms with van der Waals surface area (Å²) in [5.74, 6) is 0.189. The summed E-state index contributed by atoms with van der Waals surface area (Å²) < 4.78 is 27.4. The zero-order valence-electron chi connectivity index (χ0n) is 19.8. The first-order chi connectivity index (χ1) is 16.4. The molecule has 10 heteroatoms. The summed E-state index contributed by atoms with van der Waals surface area (Å²) in [6.07, 6.45) is 11.6. The minimum Gasteiger partial charge on any atom is -0.336 e. The Labute approximate surface area is 202 Å². The zero-order chi connectivity index (χ0) is 24.1. The van der Waals surface area contributed by atoms with E-state index in [2.05, 4.69) is 9.80 Å². The van der Waals surface area contributed by atoms with Crippen LogP contribution in [0.5, 0.6) is 0 Å². The van der Waals surface area contributed by atoms with E-state index in [9.17, 15) is 23.3 Å². The molecule has 0 spiro atoms. The summed E-state index contributed by atoms with van der Waals surface area (Å²) in [5, 5.41) is 11.0. The molecule has 4 rings (SSSR count). The molecule has 1 saturated heterocycles. The van der Waals surface area contributed by atoms with Crippen molar-refractivity contribution in [1.82, 2.24) is 14.1 Å². The standard InChI is InChI=1S/C24H36N4O5S/c29-24(27(20-8-3-1-4-9-20)21-10-5-2-6-11-21)19-25-14-16-26(17-15-25)34(32,33)23-13-7-12-22(18-23)28(30)31/h7,12-13,18,20-21H,1-6,8-11,14-17,19H2. The van der Waals surface area contributed by atoms with Crippen LogP contribution in [-0.2, 0) is 14.8 Å². The van der Waals surface area contributed by atoms with Crippen molar-refractivity contribution >= 4 is 21.6 Å². The van der Waals surface area contributed by atoms with Crippen molar-refractivity contribution in [3.05, 3.63) is 34.4 Å². The van der Waals surface area contributed by atoms with Crippen LogP contribution < -0.4 is 0 Å². The van der Waals surface area contributed by atoms with Crippen LogP contribution in [0.1, 0.15) is 64.2 Å². The number of piperazine rings is 1. The number of rotatable bonds is 7. The van der Waals surface area contributed by atoms with E-state index in [4.69, 9.17) is 0 Å². The van der Waals surface area contributed by atoms with Crippen LogP contribution in [0.15, 0.2) is 29.2 Å². The van der Waals surface area contributed by atoms with Crippen molar-refractivity contribution in [3.8, 4) is 0 Å². The molecule has 0 unspecified atom stereocenters. The molecule has 1 amide bonds.